The van der Waals surface area contributed by atoms with Crippen molar-refractivity contribution in [3.63, 3.8) is 0 Å². The second-order valence-electron chi connectivity index (χ2n) is 8.43. The highest BCUT2D eigenvalue weighted by molar-refractivity contribution is 7.99. The van der Waals surface area contributed by atoms with Gasteiger partial charge in [0.1, 0.15) is 5.75 Å². The van der Waals surface area contributed by atoms with Crippen molar-refractivity contribution in [2.24, 2.45) is 7.05 Å². The van der Waals surface area contributed by atoms with Crippen LogP contribution in [0.3, 0.4) is 0 Å². The molecule has 0 aliphatic carbocycles. The summed E-state index contributed by atoms with van der Waals surface area (Å²) in [5.41, 5.74) is 1.88. The molecule has 0 saturated heterocycles. The van der Waals surface area contributed by atoms with Crippen LogP contribution in [-0.4, -0.2) is 26.4 Å². The Morgan fingerprint density at radius 2 is 1.75 bits per heavy atom. The van der Waals surface area contributed by atoms with E-state index in [1.54, 1.807) is 18.2 Å². The number of hydrogen-bond donors (Lipinski definition) is 1. The van der Waals surface area contributed by atoms with E-state index in [1.165, 1.54) is 17.3 Å². The molecule has 0 saturated carbocycles. The fourth-order valence-electron chi connectivity index (χ4n) is 3.05. The van der Waals surface area contributed by atoms with E-state index in [4.69, 9.17) is 27.9 Å². The summed E-state index contributed by atoms with van der Waals surface area (Å²) in [6.45, 7) is 8.45. The van der Waals surface area contributed by atoms with Crippen molar-refractivity contribution in [1.82, 2.24) is 14.8 Å². The summed E-state index contributed by atoms with van der Waals surface area (Å²) < 4.78 is 7.89. The van der Waals surface area contributed by atoms with Crippen molar-refractivity contribution >= 4 is 46.6 Å². The first-order valence-corrected chi connectivity index (χ1v) is 11.8. The highest BCUT2D eigenvalue weighted by Crippen LogP contribution is 2.28. The smallest absolute Gasteiger partial charge is 0.234 e. The Balaban J connectivity index is 1.58. The monoisotopic (exact) mass is 492 g/mol. The molecule has 1 aromatic heterocycles. The maximum atomic E-state index is 12.3. The highest BCUT2D eigenvalue weighted by atomic mass is 35.5. The molecule has 1 amide bonds. The number of carbonyl (C=O) groups excluding carboxylic acids is 1. The first-order valence-electron chi connectivity index (χ1n) is 10.1. The molecule has 0 aliphatic rings. The lowest BCUT2D eigenvalue weighted by molar-refractivity contribution is -0.113. The number of nitrogens with zero attached hydrogens (tertiary/aromatic N) is 3. The maximum Gasteiger partial charge on any atom is 0.234 e. The van der Waals surface area contributed by atoms with Crippen molar-refractivity contribution in [2.45, 2.75) is 44.4 Å². The molecule has 0 fully saturated rings. The molecular weight excluding hydrogens is 467 g/mol. The molecule has 0 aliphatic heterocycles. The Hall–Kier alpha value is -2.22. The quantitative estimate of drug-likeness (QED) is 0.392. The number of ether oxygens (including phenoxy) is 1. The van der Waals surface area contributed by atoms with E-state index in [0.717, 1.165) is 5.75 Å². The largest absolute Gasteiger partial charge is 0.483 e. The molecule has 3 aromatic rings. The van der Waals surface area contributed by atoms with Gasteiger partial charge in [0.2, 0.25) is 5.91 Å². The first-order chi connectivity index (χ1) is 15.0. The fraction of sp³-hybridized carbons (Fsp3) is 0.348. The topological polar surface area (TPSA) is 69.0 Å². The number of anilines is 1. The first kappa shape index (κ1) is 24.4. The number of benzene rings is 2. The zero-order valence-electron chi connectivity index (χ0n) is 18.6. The summed E-state index contributed by atoms with van der Waals surface area (Å²) in [5.74, 6) is 1.41. The Kier molecular flexibility index (Phi) is 7.75. The molecule has 3 rings (SSSR count). The van der Waals surface area contributed by atoms with Crippen LogP contribution < -0.4 is 10.1 Å². The van der Waals surface area contributed by atoms with Crippen molar-refractivity contribution in [1.29, 1.82) is 0 Å². The van der Waals surface area contributed by atoms with E-state index in [-0.39, 0.29) is 23.2 Å². The normalized spacial score (nSPS) is 12.5. The van der Waals surface area contributed by atoms with E-state index in [1.807, 2.05) is 30.7 Å². The van der Waals surface area contributed by atoms with Crippen molar-refractivity contribution < 1.29 is 9.53 Å². The molecule has 9 heteroatoms. The fourth-order valence-corrected chi connectivity index (χ4v) is 4.29. The highest BCUT2D eigenvalue weighted by Gasteiger charge is 2.19. The number of nitrogens with one attached hydrogen (secondary N) is 1. The lowest BCUT2D eigenvalue weighted by atomic mass is 9.87. The van der Waals surface area contributed by atoms with Gasteiger partial charge in [0, 0.05) is 22.8 Å². The third-order valence-corrected chi connectivity index (χ3v) is 6.20. The molecule has 1 atom stereocenters. The second kappa shape index (κ2) is 10.1. The van der Waals surface area contributed by atoms with Gasteiger partial charge < -0.3 is 14.6 Å². The lowest BCUT2D eigenvalue weighted by Crippen LogP contribution is -2.15. The molecule has 0 bridgehead atoms. The second-order valence-corrected chi connectivity index (χ2v) is 10.2. The van der Waals surface area contributed by atoms with Crippen molar-refractivity contribution in [2.75, 3.05) is 11.1 Å². The molecule has 2 aromatic carbocycles. The van der Waals surface area contributed by atoms with Crippen LogP contribution in [-0.2, 0) is 17.3 Å². The molecule has 1 N–H and O–H groups in total. The van der Waals surface area contributed by atoms with Gasteiger partial charge in [0.15, 0.2) is 17.1 Å². The van der Waals surface area contributed by atoms with Crippen LogP contribution in [0.4, 0.5) is 5.69 Å². The summed E-state index contributed by atoms with van der Waals surface area (Å²) in [6.07, 6.45) is -0.301. The van der Waals surface area contributed by atoms with Crippen molar-refractivity contribution in [3.05, 3.63) is 63.9 Å². The molecule has 1 heterocycles. The van der Waals surface area contributed by atoms with E-state index < -0.39 is 0 Å². The summed E-state index contributed by atoms with van der Waals surface area (Å²) >= 11 is 13.2. The number of rotatable bonds is 7. The van der Waals surface area contributed by atoms with Gasteiger partial charge in [-0.25, -0.2) is 0 Å². The van der Waals surface area contributed by atoms with Gasteiger partial charge in [-0.15, -0.1) is 10.2 Å². The van der Waals surface area contributed by atoms with Crippen LogP contribution in [0, 0.1) is 0 Å². The third kappa shape index (κ3) is 6.40. The molecule has 1 unspecified atom stereocenters. The molecule has 170 valence electrons. The van der Waals surface area contributed by atoms with Crippen LogP contribution in [0.15, 0.2) is 47.6 Å². The number of aromatic nitrogens is 3. The van der Waals surface area contributed by atoms with Crippen LogP contribution in [0.25, 0.3) is 0 Å². The Labute approximate surface area is 202 Å². The van der Waals surface area contributed by atoms with Gasteiger partial charge in [-0.05, 0) is 48.2 Å². The van der Waals surface area contributed by atoms with Gasteiger partial charge in [0.25, 0.3) is 0 Å². The van der Waals surface area contributed by atoms with Gasteiger partial charge in [-0.1, -0.05) is 67.9 Å². The van der Waals surface area contributed by atoms with E-state index in [0.29, 0.717) is 26.7 Å². The Morgan fingerprint density at radius 3 is 2.34 bits per heavy atom. The molecule has 0 radical (unpaired) electrons. The van der Waals surface area contributed by atoms with Gasteiger partial charge >= 0.3 is 0 Å². The zero-order chi connectivity index (χ0) is 23.5. The van der Waals surface area contributed by atoms with Crippen LogP contribution in [0.2, 0.25) is 10.0 Å². The minimum absolute atomic E-state index is 0.0885. The van der Waals surface area contributed by atoms with Gasteiger partial charge in [-0.3, -0.25) is 4.79 Å². The number of hydrogen-bond acceptors (Lipinski definition) is 5. The van der Waals surface area contributed by atoms with Crippen LogP contribution in [0.5, 0.6) is 5.75 Å². The summed E-state index contributed by atoms with van der Waals surface area (Å²) in [5, 5.41) is 12.8. The van der Waals surface area contributed by atoms with Gasteiger partial charge in [0.05, 0.1) is 5.75 Å². The SMILES string of the molecule is CC(Oc1ccc(C(C)(C)C)cc1)c1nnc(SCC(=O)Nc2cc(Cl)cc(Cl)c2)n1C. The number of thioether (sulfide) groups is 1. The van der Waals surface area contributed by atoms with Crippen LogP contribution >= 0.6 is 35.0 Å². The lowest BCUT2D eigenvalue weighted by Gasteiger charge is -2.20. The van der Waals surface area contributed by atoms with Crippen LogP contribution in [0.1, 0.15) is 45.2 Å². The molecule has 0 spiro atoms. The van der Waals surface area contributed by atoms with Gasteiger partial charge in [-0.2, -0.15) is 0 Å². The van der Waals surface area contributed by atoms with E-state index in [9.17, 15) is 4.79 Å². The molecule has 6 nitrogen and oxygen atoms in total. The predicted molar refractivity (Wildman–Crippen MR) is 131 cm³/mol. The zero-order valence-corrected chi connectivity index (χ0v) is 21.0. The maximum absolute atomic E-state index is 12.3. The minimum Gasteiger partial charge on any atom is -0.483 e. The number of carbonyl (C=O) groups is 1. The predicted octanol–water partition coefficient (Wildman–Crippen LogP) is 6.29. The average molecular weight is 493 g/mol. The Bertz CT molecular complexity index is 1070. The summed E-state index contributed by atoms with van der Waals surface area (Å²) in [4.78, 5) is 12.3. The van der Waals surface area contributed by atoms with Crippen molar-refractivity contribution in [3.8, 4) is 5.75 Å². The standard InChI is InChI=1S/C23H26Cl2N4O2S/c1-14(31-19-8-6-15(7-9-19)23(2,3)4)21-27-28-22(29(21)5)32-13-20(30)26-18-11-16(24)10-17(25)12-18/h6-12,14H,13H2,1-5H3,(H,26,30). The number of halogens is 2. The molecular formula is C23H26Cl2N4O2S. The number of amides is 1. The summed E-state index contributed by atoms with van der Waals surface area (Å²) in [6, 6.07) is 13.0. The summed E-state index contributed by atoms with van der Waals surface area (Å²) in [7, 11) is 1.86. The third-order valence-electron chi connectivity index (χ3n) is 4.74. The Morgan fingerprint density at radius 1 is 1.12 bits per heavy atom. The van der Waals surface area contributed by atoms with E-state index in [2.05, 4.69) is 48.4 Å². The minimum atomic E-state index is -0.301. The van der Waals surface area contributed by atoms with E-state index >= 15 is 0 Å². The molecule has 32 heavy (non-hydrogen) atoms. The average Bonchev–Trinajstić information content (AvgIpc) is 3.06.